The van der Waals surface area contributed by atoms with Gasteiger partial charge in [-0.3, -0.25) is 10.2 Å². The predicted molar refractivity (Wildman–Crippen MR) is 130 cm³/mol. The average Bonchev–Trinajstić information content (AvgIpc) is 3.43. The summed E-state index contributed by atoms with van der Waals surface area (Å²) in [6.45, 7) is 4.28. The van der Waals surface area contributed by atoms with E-state index in [2.05, 4.69) is 69.3 Å². The fourth-order valence-corrected chi connectivity index (χ4v) is 5.22. The van der Waals surface area contributed by atoms with Crippen molar-refractivity contribution in [2.24, 2.45) is 5.10 Å². The molecule has 0 radical (unpaired) electrons. The topological polar surface area (TPSA) is 95.8 Å². The number of hydrazine groups is 1. The molecule has 0 aromatic heterocycles. The molecule has 3 heterocycles. The molecule has 2 aromatic carbocycles. The maximum absolute atomic E-state index is 12.4. The number of hydrogen-bond donors (Lipinski definition) is 3. The van der Waals surface area contributed by atoms with Crippen LogP contribution in [0.25, 0.3) is 0 Å². The van der Waals surface area contributed by atoms with E-state index in [1.807, 2.05) is 12.4 Å². The van der Waals surface area contributed by atoms with E-state index in [1.54, 1.807) is 24.3 Å². The molecule has 0 spiro atoms. The van der Waals surface area contributed by atoms with Crippen LogP contribution in [0.1, 0.15) is 34.7 Å². The number of carbonyl (C=O) groups excluding carboxylic acids is 1. The molecule has 0 bridgehead atoms. The SMILES string of the molecule is Cc1ccc(C)c(C2CC3C4NN=C(SCC(=O)Nc5ccc(C#N)cc5)N4C=CN3N2)c1. The van der Waals surface area contributed by atoms with Crippen LogP contribution in [0.5, 0.6) is 0 Å². The molecule has 3 unspecified atom stereocenters. The molecule has 8 nitrogen and oxygen atoms in total. The fraction of sp³-hybridized carbons (Fsp3) is 0.292. The maximum Gasteiger partial charge on any atom is 0.234 e. The number of fused-ring (bicyclic) bond motifs is 3. The van der Waals surface area contributed by atoms with Gasteiger partial charge in [0.25, 0.3) is 0 Å². The zero-order chi connectivity index (χ0) is 22.9. The van der Waals surface area contributed by atoms with Gasteiger partial charge in [-0.1, -0.05) is 35.5 Å². The average molecular weight is 460 g/mol. The summed E-state index contributed by atoms with van der Waals surface area (Å²) in [5.74, 6) is 0.131. The molecule has 3 aliphatic heterocycles. The molecule has 168 valence electrons. The van der Waals surface area contributed by atoms with Crippen LogP contribution in [-0.2, 0) is 4.79 Å². The van der Waals surface area contributed by atoms with Crippen LogP contribution >= 0.6 is 11.8 Å². The number of benzene rings is 2. The highest BCUT2D eigenvalue weighted by Crippen LogP contribution is 2.36. The fourth-order valence-electron chi connectivity index (χ4n) is 4.44. The van der Waals surface area contributed by atoms with Crippen molar-refractivity contribution in [3.63, 3.8) is 0 Å². The van der Waals surface area contributed by atoms with Gasteiger partial charge in [-0.25, -0.2) is 5.43 Å². The highest BCUT2D eigenvalue weighted by atomic mass is 32.2. The lowest BCUT2D eigenvalue weighted by Gasteiger charge is -2.36. The van der Waals surface area contributed by atoms with Gasteiger partial charge in [-0.2, -0.15) is 10.4 Å². The van der Waals surface area contributed by atoms with Crippen molar-refractivity contribution >= 4 is 28.5 Å². The summed E-state index contributed by atoms with van der Waals surface area (Å²) in [4.78, 5) is 14.5. The molecular weight excluding hydrogens is 434 g/mol. The van der Waals surface area contributed by atoms with E-state index in [-0.39, 0.29) is 29.9 Å². The smallest absolute Gasteiger partial charge is 0.234 e. The van der Waals surface area contributed by atoms with Crippen LogP contribution in [-0.4, -0.2) is 38.9 Å². The maximum atomic E-state index is 12.4. The summed E-state index contributed by atoms with van der Waals surface area (Å²) >= 11 is 1.40. The lowest BCUT2D eigenvalue weighted by Crippen LogP contribution is -2.54. The Hall–Kier alpha value is -3.48. The number of nitrogens with zero attached hydrogens (tertiary/aromatic N) is 4. The van der Waals surface area contributed by atoms with Gasteiger partial charge in [-0.05, 0) is 55.7 Å². The van der Waals surface area contributed by atoms with Gasteiger partial charge in [0, 0.05) is 18.1 Å². The molecule has 3 aliphatic rings. The van der Waals surface area contributed by atoms with Crippen molar-refractivity contribution in [2.75, 3.05) is 11.1 Å². The Morgan fingerprint density at radius 2 is 2.06 bits per heavy atom. The molecule has 5 rings (SSSR count). The second kappa shape index (κ2) is 8.81. The number of amides is 1. The molecular formula is C24H25N7OS. The third-order valence-electron chi connectivity index (χ3n) is 6.15. The van der Waals surface area contributed by atoms with Gasteiger partial charge in [0.05, 0.1) is 29.5 Å². The Morgan fingerprint density at radius 3 is 2.85 bits per heavy atom. The standard InChI is InChI=1S/C24H25N7OS/c1-15-3-4-16(2)19(11-15)20-12-21-23-27-28-24(30(23)9-10-31(21)29-20)33-14-22(32)26-18-7-5-17(13-25)6-8-18/h3-11,20-21,23,27,29H,12,14H2,1-2H3,(H,26,32). The summed E-state index contributed by atoms with van der Waals surface area (Å²) in [5, 5.41) is 19.2. The summed E-state index contributed by atoms with van der Waals surface area (Å²) in [6.07, 6.45) is 5.02. The van der Waals surface area contributed by atoms with Crippen LogP contribution < -0.4 is 16.2 Å². The van der Waals surface area contributed by atoms with E-state index in [4.69, 9.17) is 5.26 Å². The van der Waals surface area contributed by atoms with E-state index in [1.165, 1.54) is 28.5 Å². The van der Waals surface area contributed by atoms with Crippen LogP contribution in [0.3, 0.4) is 0 Å². The van der Waals surface area contributed by atoms with E-state index in [9.17, 15) is 4.79 Å². The number of nitrogens with one attached hydrogen (secondary N) is 3. The number of rotatable bonds is 4. The summed E-state index contributed by atoms with van der Waals surface area (Å²) in [7, 11) is 0. The largest absolute Gasteiger partial charge is 0.325 e. The molecule has 1 fully saturated rings. The van der Waals surface area contributed by atoms with E-state index < -0.39 is 0 Å². The number of aryl methyl sites for hydroxylation is 2. The van der Waals surface area contributed by atoms with Crippen molar-refractivity contribution < 1.29 is 4.79 Å². The highest BCUT2D eigenvalue weighted by Gasteiger charge is 2.44. The number of carbonyl (C=O) groups is 1. The third-order valence-corrected chi connectivity index (χ3v) is 7.11. The molecule has 3 N–H and O–H groups in total. The minimum absolute atomic E-state index is 0.0155. The Morgan fingerprint density at radius 1 is 1.24 bits per heavy atom. The Labute approximate surface area is 197 Å². The Kier molecular flexibility index (Phi) is 5.70. The van der Waals surface area contributed by atoms with Gasteiger partial charge in [-0.15, -0.1) is 0 Å². The molecule has 0 aliphatic carbocycles. The van der Waals surface area contributed by atoms with Crippen molar-refractivity contribution in [1.82, 2.24) is 20.8 Å². The van der Waals surface area contributed by atoms with Crippen LogP contribution in [0, 0.1) is 25.2 Å². The number of thioether (sulfide) groups is 1. The summed E-state index contributed by atoms with van der Waals surface area (Å²) in [6, 6.07) is 16.0. The number of nitriles is 1. The van der Waals surface area contributed by atoms with Crippen molar-refractivity contribution in [3.8, 4) is 6.07 Å². The lowest BCUT2D eigenvalue weighted by molar-refractivity contribution is -0.113. The summed E-state index contributed by atoms with van der Waals surface area (Å²) in [5.41, 5.74) is 12.0. The summed E-state index contributed by atoms with van der Waals surface area (Å²) < 4.78 is 0. The molecule has 1 amide bonds. The monoisotopic (exact) mass is 459 g/mol. The van der Waals surface area contributed by atoms with Crippen molar-refractivity contribution in [3.05, 3.63) is 77.1 Å². The number of hydrogen-bond acceptors (Lipinski definition) is 8. The van der Waals surface area contributed by atoms with Crippen LogP contribution in [0.15, 0.2) is 60.0 Å². The number of hydrazone groups is 1. The molecule has 3 atom stereocenters. The first-order chi connectivity index (χ1) is 16.0. The van der Waals surface area contributed by atoms with E-state index in [0.29, 0.717) is 11.3 Å². The van der Waals surface area contributed by atoms with Gasteiger partial charge in [0.1, 0.15) is 6.17 Å². The van der Waals surface area contributed by atoms with E-state index in [0.717, 1.165) is 11.6 Å². The van der Waals surface area contributed by atoms with Gasteiger partial charge in [0.2, 0.25) is 5.91 Å². The first kappa shape index (κ1) is 21.4. The van der Waals surface area contributed by atoms with Crippen molar-refractivity contribution in [1.29, 1.82) is 5.26 Å². The minimum atomic E-state index is -0.115. The Balaban J connectivity index is 1.19. The zero-order valence-electron chi connectivity index (χ0n) is 18.4. The predicted octanol–water partition coefficient (Wildman–Crippen LogP) is 3.15. The minimum Gasteiger partial charge on any atom is -0.325 e. The van der Waals surface area contributed by atoms with Gasteiger partial charge >= 0.3 is 0 Å². The van der Waals surface area contributed by atoms with Gasteiger partial charge < -0.3 is 15.2 Å². The van der Waals surface area contributed by atoms with Crippen molar-refractivity contribution in [2.45, 2.75) is 38.5 Å². The second-order valence-corrected chi connectivity index (χ2v) is 9.39. The number of anilines is 1. The van der Waals surface area contributed by atoms with Crippen LogP contribution in [0.2, 0.25) is 0 Å². The Bertz CT molecular complexity index is 1170. The normalized spacial score (nSPS) is 22.8. The molecule has 9 heteroatoms. The first-order valence-corrected chi connectivity index (χ1v) is 11.8. The quantitative estimate of drug-likeness (QED) is 0.646. The highest BCUT2D eigenvalue weighted by molar-refractivity contribution is 8.14. The van der Waals surface area contributed by atoms with Crippen LogP contribution in [0.4, 0.5) is 5.69 Å². The van der Waals surface area contributed by atoms with Gasteiger partial charge in [0.15, 0.2) is 5.17 Å². The molecule has 33 heavy (non-hydrogen) atoms. The second-order valence-electron chi connectivity index (χ2n) is 8.45. The lowest BCUT2D eigenvalue weighted by atomic mass is 9.95. The number of amidine groups is 1. The van der Waals surface area contributed by atoms with E-state index >= 15 is 0 Å². The molecule has 1 saturated heterocycles. The molecule has 2 aromatic rings. The molecule has 0 saturated carbocycles. The third kappa shape index (κ3) is 4.27. The zero-order valence-corrected chi connectivity index (χ0v) is 19.3. The first-order valence-electron chi connectivity index (χ1n) is 10.9.